The molecule has 1 aromatic carbocycles. The second kappa shape index (κ2) is 5.42. The predicted molar refractivity (Wildman–Crippen MR) is 86.2 cm³/mol. The maximum Gasteiger partial charge on any atom is 0.261 e. The van der Waals surface area contributed by atoms with Crippen LogP contribution in [0.2, 0.25) is 0 Å². The summed E-state index contributed by atoms with van der Waals surface area (Å²) in [6.07, 6.45) is 1.40. The Kier molecular flexibility index (Phi) is 3.58. The van der Waals surface area contributed by atoms with Crippen LogP contribution in [0.4, 0.5) is 5.69 Å². The molecular formula is C15H12BrN3O3. The van der Waals surface area contributed by atoms with E-state index in [1.807, 2.05) is 0 Å². The average Bonchev–Trinajstić information content (AvgIpc) is 2.84. The standard InChI is InChI=1S/C15H12BrN3O3/c1-7-13(16)14(20)10(6-17-7)15(21)19-9-3-4-12-11(5-9)18-8(2)22-12/h3-6H,1-2H3,(H,17,20)(H,19,21). The van der Waals surface area contributed by atoms with Crippen LogP contribution in [-0.2, 0) is 0 Å². The molecule has 2 heterocycles. The Morgan fingerprint density at radius 2 is 2.14 bits per heavy atom. The van der Waals surface area contributed by atoms with E-state index in [-0.39, 0.29) is 11.0 Å². The van der Waals surface area contributed by atoms with Gasteiger partial charge in [-0.1, -0.05) is 0 Å². The molecule has 3 rings (SSSR count). The minimum atomic E-state index is -0.485. The van der Waals surface area contributed by atoms with Gasteiger partial charge in [-0.15, -0.1) is 0 Å². The van der Waals surface area contributed by atoms with Crippen LogP contribution in [0, 0.1) is 13.8 Å². The Morgan fingerprint density at radius 3 is 2.91 bits per heavy atom. The van der Waals surface area contributed by atoms with Crippen LogP contribution in [0.15, 0.2) is 38.1 Å². The normalized spacial score (nSPS) is 10.9. The monoisotopic (exact) mass is 361 g/mol. The summed E-state index contributed by atoms with van der Waals surface area (Å²) in [5.74, 6) is 0.0684. The van der Waals surface area contributed by atoms with Crippen molar-refractivity contribution in [3.05, 3.63) is 56.2 Å². The van der Waals surface area contributed by atoms with Crippen LogP contribution in [-0.4, -0.2) is 15.9 Å². The number of oxazole rings is 1. The first-order chi connectivity index (χ1) is 10.5. The van der Waals surface area contributed by atoms with Gasteiger partial charge in [-0.25, -0.2) is 4.98 Å². The number of rotatable bonds is 2. The van der Waals surface area contributed by atoms with Gasteiger partial charge in [-0.05, 0) is 41.1 Å². The Morgan fingerprint density at radius 1 is 1.36 bits per heavy atom. The van der Waals surface area contributed by atoms with E-state index in [1.165, 1.54) is 6.20 Å². The van der Waals surface area contributed by atoms with Crippen molar-refractivity contribution in [3.63, 3.8) is 0 Å². The van der Waals surface area contributed by atoms with Crippen molar-refractivity contribution >= 4 is 38.6 Å². The molecule has 0 fully saturated rings. The first-order valence-corrected chi connectivity index (χ1v) is 7.31. The van der Waals surface area contributed by atoms with Crippen molar-refractivity contribution in [1.29, 1.82) is 0 Å². The fourth-order valence-electron chi connectivity index (χ4n) is 2.09. The SMILES string of the molecule is Cc1nc2cc(NC(=O)c3c[nH]c(C)c(Br)c3=O)ccc2o1. The number of hydrogen-bond donors (Lipinski definition) is 2. The number of carbonyl (C=O) groups excluding carboxylic acids is 1. The van der Waals surface area contributed by atoms with E-state index in [4.69, 9.17) is 4.42 Å². The predicted octanol–water partition coefficient (Wildman–Crippen LogP) is 3.15. The van der Waals surface area contributed by atoms with Crippen molar-refractivity contribution in [2.75, 3.05) is 5.32 Å². The molecule has 0 saturated carbocycles. The molecule has 6 nitrogen and oxygen atoms in total. The molecule has 0 saturated heterocycles. The van der Waals surface area contributed by atoms with E-state index in [0.717, 1.165) is 0 Å². The molecule has 0 bridgehead atoms. The third-order valence-corrected chi connectivity index (χ3v) is 4.16. The van der Waals surface area contributed by atoms with Gasteiger partial charge >= 0.3 is 0 Å². The average molecular weight is 362 g/mol. The number of pyridine rings is 1. The third kappa shape index (κ3) is 2.55. The Hall–Kier alpha value is -2.41. The summed E-state index contributed by atoms with van der Waals surface area (Å²) < 4.78 is 5.73. The summed E-state index contributed by atoms with van der Waals surface area (Å²) in [5, 5.41) is 2.69. The molecule has 0 atom stereocenters. The van der Waals surface area contributed by atoms with Gasteiger partial charge in [0, 0.05) is 24.5 Å². The molecular weight excluding hydrogens is 350 g/mol. The molecule has 22 heavy (non-hydrogen) atoms. The van der Waals surface area contributed by atoms with E-state index >= 15 is 0 Å². The summed E-state index contributed by atoms with van der Waals surface area (Å²) in [5.41, 5.74) is 2.18. The number of nitrogens with zero attached hydrogens (tertiary/aromatic N) is 1. The van der Waals surface area contributed by atoms with Crippen LogP contribution in [0.5, 0.6) is 0 Å². The summed E-state index contributed by atoms with van der Waals surface area (Å²) in [4.78, 5) is 31.4. The Bertz CT molecular complexity index is 943. The van der Waals surface area contributed by atoms with Gasteiger partial charge in [0.15, 0.2) is 11.5 Å². The zero-order chi connectivity index (χ0) is 15.9. The number of anilines is 1. The molecule has 2 N–H and O–H groups in total. The summed E-state index contributed by atoms with van der Waals surface area (Å²) in [6.45, 7) is 3.50. The van der Waals surface area contributed by atoms with E-state index in [2.05, 4.69) is 31.2 Å². The van der Waals surface area contributed by atoms with Crippen molar-refractivity contribution in [1.82, 2.24) is 9.97 Å². The number of H-pyrrole nitrogens is 1. The second-order valence-corrected chi connectivity index (χ2v) is 5.63. The number of aromatic nitrogens is 2. The number of halogens is 1. The number of aromatic amines is 1. The lowest BCUT2D eigenvalue weighted by molar-refractivity contribution is 0.102. The molecule has 7 heteroatoms. The molecule has 0 spiro atoms. The van der Waals surface area contributed by atoms with Gasteiger partial charge in [0.05, 0.1) is 4.47 Å². The van der Waals surface area contributed by atoms with Crippen molar-refractivity contribution < 1.29 is 9.21 Å². The minimum absolute atomic E-state index is 0.0360. The minimum Gasteiger partial charge on any atom is -0.441 e. The van der Waals surface area contributed by atoms with Gasteiger partial charge in [-0.2, -0.15) is 0 Å². The van der Waals surface area contributed by atoms with Crippen LogP contribution < -0.4 is 10.7 Å². The van der Waals surface area contributed by atoms with E-state index in [0.29, 0.717) is 32.8 Å². The molecule has 0 aliphatic rings. The first-order valence-electron chi connectivity index (χ1n) is 6.52. The molecule has 112 valence electrons. The van der Waals surface area contributed by atoms with Gasteiger partial charge in [-0.3, -0.25) is 9.59 Å². The van der Waals surface area contributed by atoms with Crippen LogP contribution in [0.1, 0.15) is 21.9 Å². The molecule has 0 radical (unpaired) electrons. The smallest absolute Gasteiger partial charge is 0.261 e. The van der Waals surface area contributed by atoms with Crippen LogP contribution >= 0.6 is 15.9 Å². The van der Waals surface area contributed by atoms with Gasteiger partial charge in [0.1, 0.15) is 11.1 Å². The lowest BCUT2D eigenvalue weighted by Gasteiger charge is -2.06. The summed E-state index contributed by atoms with van der Waals surface area (Å²) in [7, 11) is 0. The fraction of sp³-hybridized carbons (Fsp3) is 0.133. The summed E-state index contributed by atoms with van der Waals surface area (Å²) in [6, 6.07) is 5.11. The van der Waals surface area contributed by atoms with Crippen molar-refractivity contribution in [3.8, 4) is 0 Å². The van der Waals surface area contributed by atoms with Gasteiger partial charge in [0.25, 0.3) is 5.91 Å². The van der Waals surface area contributed by atoms with Gasteiger partial charge in [0.2, 0.25) is 5.43 Å². The first kappa shape index (κ1) is 14.5. The van der Waals surface area contributed by atoms with E-state index < -0.39 is 5.91 Å². The van der Waals surface area contributed by atoms with E-state index in [1.54, 1.807) is 32.0 Å². The topological polar surface area (TPSA) is 88.0 Å². The number of benzene rings is 1. The maximum atomic E-state index is 12.2. The maximum absolute atomic E-state index is 12.2. The largest absolute Gasteiger partial charge is 0.441 e. The molecule has 0 aliphatic carbocycles. The zero-order valence-electron chi connectivity index (χ0n) is 11.9. The van der Waals surface area contributed by atoms with Crippen molar-refractivity contribution in [2.24, 2.45) is 0 Å². The second-order valence-electron chi connectivity index (χ2n) is 4.84. The number of carbonyl (C=O) groups is 1. The number of hydrogen-bond acceptors (Lipinski definition) is 4. The Labute approximate surface area is 133 Å². The van der Waals surface area contributed by atoms with E-state index in [9.17, 15) is 9.59 Å². The van der Waals surface area contributed by atoms with Crippen LogP contribution in [0.3, 0.4) is 0 Å². The Balaban J connectivity index is 1.92. The summed E-state index contributed by atoms with van der Waals surface area (Å²) >= 11 is 3.17. The number of nitrogens with one attached hydrogen (secondary N) is 2. The number of amides is 1. The molecule has 3 aromatic rings. The zero-order valence-corrected chi connectivity index (χ0v) is 13.4. The molecule has 2 aromatic heterocycles. The lowest BCUT2D eigenvalue weighted by Crippen LogP contribution is -2.22. The quantitative estimate of drug-likeness (QED) is 0.733. The molecule has 0 unspecified atom stereocenters. The van der Waals surface area contributed by atoms with Gasteiger partial charge < -0.3 is 14.7 Å². The highest BCUT2D eigenvalue weighted by molar-refractivity contribution is 9.10. The number of aryl methyl sites for hydroxylation is 2. The highest BCUT2D eigenvalue weighted by Crippen LogP contribution is 2.20. The molecule has 1 amide bonds. The lowest BCUT2D eigenvalue weighted by atomic mass is 10.2. The van der Waals surface area contributed by atoms with Crippen molar-refractivity contribution in [2.45, 2.75) is 13.8 Å². The highest BCUT2D eigenvalue weighted by atomic mass is 79.9. The third-order valence-electron chi connectivity index (χ3n) is 3.20. The highest BCUT2D eigenvalue weighted by Gasteiger charge is 2.14. The van der Waals surface area contributed by atoms with Crippen LogP contribution in [0.25, 0.3) is 11.1 Å². The molecule has 0 aliphatic heterocycles. The fourth-order valence-corrected chi connectivity index (χ4v) is 2.41. The number of fused-ring (bicyclic) bond motifs is 1.